The molecule has 166 valence electrons. The second-order valence-corrected chi connectivity index (χ2v) is 8.84. The maximum atomic E-state index is 12.6. The summed E-state index contributed by atoms with van der Waals surface area (Å²) >= 11 is 0. The molecule has 2 aromatic carbocycles. The second kappa shape index (κ2) is 9.70. The minimum absolute atomic E-state index is 0.173. The Labute approximate surface area is 189 Å². The van der Waals surface area contributed by atoms with E-state index in [0.717, 1.165) is 53.7 Å². The number of benzene rings is 2. The van der Waals surface area contributed by atoms with Gasteiger partial charge in [0.05, 0.1) is 25.6 Å². The first kappa shape index (κ1) is 21.0. The molecule has 0 saturated heterocycles. The molecule has 2 aliphatic carbocycles. The number of carbonyl (C=O) groups excluding carboxylic acids is 1. The third-order valence-corrected chi connectivity index (χ3v) is 6.66. The predicted octanol–water partition coefficient (Wildman–Crippen LogP) is 5.68. The number of ether oxygens (including phenoxy) is 2. The molecule has 5 heteroatoms. The molecule has 5 nitrogen and oxygen atoms in total. The molecule has 0 unspecified atom stereocenters. The summed E-state index contributed by atoms with van der Waals surface area (Å²) < 4.78 is 15.0. The molecule has 32 heavy (non-hydrogen) atoms. The molecule has 1 atom stereocenters. The zero-order valence-electron chi connectivity index (χ0n) is 18.4. The fourth-order valence-electron chi connectivity index (χ4n) is 4.92. The molecule has 1 fully saturated rings. The summed E-state index contributed by atoms with van der Waals surface area (Å²) in [5, 5.41) is 0. The quantitative estimate of drug-likeness (QED) is 0.461. The summed E-state index contributed by atoms with van der Waals surface area (Å²) in [5.41, 5.74) is 4.12. The minimum atomic E-state index is -0.173. The van der Waals surface area contributed by atoms with Gasteiger partial charge in [-0.1, -0.05) is 43.2 Å². The summed E-state index contributed by atoms with van der Waals surface area (Å²) in [5.74, 6) is 1.06. The SMILES string of the molecule is O=C1CCCc2c1ccc(O[C@H](Cn1ccnc1)c1ccccc1)c2COC1CCCC1. The van der Waals surface area contributed by atoms with Crippen molar-refractivity contribution in [1.29, 1.82) is 0 Å². The van der Waals surface area contributed by atoms with Gasteiger partial charge in [-0.2, -0.15) is 0 Å². The molecule has 0 N–H and O–H groups in total. The molecular weight excluding hydrogens is 400 g/mol. The second-order valence-electron chi connectivity index (χ2n) is 8.84. The van der Waals surface area contributed by atoms with E-state index in [1.807, 2.05) is 47.4 Å². The lowest BCUT2D eigenvalue weighted by molar-refractivity contribution is 0.0427. The van der Waals surface area contributed by atoms with E-state index in [4.69, 9.17) is 9.47 Å². The van der Waals surface area contributed by atoms with Crippen LogP contribution < -0.4 is 4.74 Å². The third kappa shape index (κ3) is 4.63. The van der Waals surface area contributed by atoms with Crippen LogP contribution in [0.4, 0.5) is 0 Å². The van der Waals surface area contributed by atoms with E-state index in [-0.39, 0.29) is 11.9 Å². The first-order valence-electron chi connectivity index (χ1n) is 11.7. The van der Waals surface area contributed by atoms with Gasteiger partial charge in [-0.05, 0) is 48.9 Å². The Morgan fingerprint density at radius 2 is 1.88 bits per heavy atom. The van der Waals surface area contributed by atoms with E-state index in [9.17, 15) is 4.79 Å². The van der Waals surface area contributed by atoms with Crippen molar-refractivity contribution in [2.45, 2.75) is 70.3 Å². The molecule has 2 aliphatic rings. The number of aromatic nitrogens is 2. The maximum absolute atomic E-state index is 12.6. The molecular formula is C27H30N2O3. The Morgan fingerprint density at radius 3 is 2.66 bits per heavy atom. The highest BCUT2D eigenvalue weighted by Crippen LogP contribution is 2.35. The van der Waals surface area contributed by atoms with Crippen LogP contribution in [0.1, 0.15) is 71.7 Å². The van der Waals surface area contributed by atoms with E-state index < -0.39 is 0 Å². The molecule has 1 saturated carbocycles. The lowest BCUT2D eigenvalue weighted by Crippen LogP contribution is -2.19. The van der Waals surface area contributed by atoms with Gasteiger partial charge in [0.15, 0.2) is 5.78 Å². The predicted molar refractivity (Wildman–Crippen MR) is 123 cm³/mol. The van der Waals surface area contributed by atoms with Gasteiger partial charge in [-0.25, -0.2) is 4.98 Å². The van der Waals surface area contributed by atoms with Gasteiger partial charge in [0.2, 0.25) is 0 Å². The minimum Gasteiger partial charge on any atom is -0.483 e. The number of imidazole rings is 1. The molecule has 1 heterocycles. The summed E-state index contributed by atoms with van der Waals surface area (Å²) in [6.07, 6.45) is 12.8. The summed E-state index contributed by atoms with van der Waals surface area (Å²) in [4.78, 5) is 16.8. The molecule has 0 amide bonds. The van der Waals surface area contributed by atoms with E-state index in [0.29, 0.717) is 25.7 Å². The van der Waals surface area contributed by atoms with Gasteiger partial charge in [0.25, 0.3) is 0 Å². The average molecular weight is 431 g/mol. The molecule has 0 radical (unpaired) electrons. The molecule has 0 aliphatic heterocycles. The number of nitrogens with zero attached hydrogens (tertiary/aromatic N) is 2. The monoisotopic (exact) mass is 430 g/mol. The van der Waals surface area contributed by atoms with Crippen molar-refractivity contribution in [1.82, 2.24) is 9.55 Å². The molecule has 0 spiro atoms. The molecule has 0 bridgehead atoms. The number of hydrogen-bond donors (Lipinski definition) is 0. The van der Waals surface area contributed by atoms with Crippen molar-refractivity contribution in [3.05, 3.63) is 83.4 Å². The highest BCUT2D eigenvalue weighted by atomic mass is 16.5. The van der Waals surface area contributed by atoms with Crippen LogP contribution in [0.15, 0.2) is 61.2 Å². The van der Waals surface area contributed by atoms with Gasteiger partial charge in [-0.3, -0.25) is 4.79 Å². The highest BCUT2D eigenvalue weighted by molar-refractivity contribution is 5.99. The van der Waals surface area contributed by atoms with E-state index in [2.05, 4.69) is 17.1 Å². The van der Waals surface area contributed by atoms with Crippen LogP contribution in [-0.4, -0.2) is 21.4 Å². The van der Waals surface area contributed by atoms with Crippen molar-refractivity contribution < 1.29 is 14.3 Å². The van der Waals surface area contributed by atoms with Crippen LogP contribution in [0.2, 0.25) is 0 Å². The molecule has 1 aromatic heterocycles. The number of hydrogen-bond acceptors (Lipinski definition) is 4. The van der Waals surface area contributed by atoms with E-state index in [1.165, 1.54) is 12.8 Å². The van der Waals surface area contributed by atoms with Crippen LogP contribution in [0.5, 0.6) is 5.75 Å². The summed E-state index contributed by atoms with van der Waals surface area (Å²) in [6, 6.07) is 14.2. The molecule has 5 rings (SSSR count). The van der Waals surface area contributed by atoms with Gasteiger partial charge < -0.3 is 14.0 Å². The standard InChI is InChI=1S/C27H30N2O3/c30-25-12-6-11-22-23(25)13-14-26(24(22)18-31-21-9-4-5-10-21)32-27(17-29-16-15-28-19-29)20-7-2-1-3-8-20/h1-3,7-8,13-16,19,21,27H,4-6,9-12,17-18H2/t27-/m1/s1. The van der Waals surface area contributed by atoms with Crippen LogP contribution in [0.3, 0.4) is 0 Å². The number of fused-ring (bicyclic) bond motifs is 1. The van der Waals surface area contributed by atoms with Crippen LogP contribution >= 0.6 is 0 Å². The summed E-state index contributed by atoms with van der Waals surface area (Å²) in [7, 11) is 0. The van der Waals surface area contributed by atoms with Crippen molar-refractivity contribution in [3.8, 4) is 5.75 Å². The Balaban J connectivity index is 1.47. The first-order valence-corrected chi connectivity index (χ1v) is 11.7. The number of rotatable bonds is 8. The highest BCUT2D eigenvalue weighted by Gasteiger charge is 2.26. The van der Waals surface area contributed by atoms with Crippen molar-refractivity contribution in [2.75, 3.05) is 0 Å². The lowest BCUT2D eigenvalue weighted by atomic mass is 9.87. The zero-order chi connectivity index (χ0) is 21.8. The van der Waals surface area contributed by atoms with Crippen molar-refractivity contribution in [2.24, 2.45) is 0 Å². The lowest BCUT2D eigenvalue weighted by Gasteiger charge is -2.26. The van der Waals surface area contributed by atoms with Crippen LogP contribution in [-0.2, 0) is 24.3 Å². The number of carbonyl (C=O) groups is 1. The third-order valence-electron chi connectivity index (χ3n) is 6.66. The topological polar surface area (TPSA) is 53.4 Å². The Kier molecular flexibility index (Phi) is 6.35. The fraction of sp³-hybridized carbons (Fsp3) is 0.407. The number of ketones is 1. The Hall–Kier alpha value is -2.92. The molecule has 3 aromatic rings. The normalized spacial score (nSPS) is 17.3. The first-order chi connectivity index (χ1) is 15.8. The van der Waals surface area contributed by atoms with Crippen LogP contribution in [0, 0.1) is 0 Å². The maximum Gasteiger partial charge on any atom is 0.163 e. The Bertz CT molecular complexity index is 1040. The average Bonchev–Trinajstić information content (AvgIpc) is 3.53. The van der Waals surface area contributed by atoms with E-state index in [1.54, 1.807) is 6.20 Å². The van der Waals surface area contributed by atoms with Gasteiger partial charge >= 0.3 is 0 Å². The van der Waals surface area contributed by atoms with E-state index >= 15 is 0 Å². The summed E-state index contributed by atoms with van der Waals surface area (Å²) in [6.45, 7) is 1.16. The smallest absolute Gasteiger partial charge is 0.163 e. The van der Waals surface area contributed by atoms with Gasteiger partial charge in [0, 0.05) is 29.9 Å². The largest absolute Gasteiger partial charge is 0.483 e. The zero-order valence-corrected chi connectivity index (χ0v) is 18.4. The fourth-order valence-corrected chi connectivity index (χ4v) is 4.92. The van der Waals surface area contributed by atoms with Gasteiger partial charge in [0.1, 0.15) is 11.9 Å². The van der Waals surface area contributed by atoms with Crippen molar-refractivity contribution in [3.63, 3.8) is 0 Å². The Morgan fingerprint density at radius 1 is 1.03 bits per heavy atom. The number of Topliss-reactive ketones (excluding diaryl/α,β-unsaturated/α-hetero) is 1. The van der Waals surface area contributed by atoms with Crippen LogP contribution in [0.25, 0.3) is 0 Å². The van der Waals surface area contributed by atoms with Gasteiger partial charge in [-0.15, -0.1) is 0 Å². The van der Waals surface area contributed by atoms with Crippen molar-refractivity contribution >= 4 is 5.78 Å².